The van der Waals surface area contributed by atoms with Gasteiger partial charge >= 0.3 is 12.1 Å². The highest BCUT2D eigenvalue weighted by Crippen LogP contribution is 2.38. The van der Waals surface area contributed by atoms with E-state index < -0.39 is 47.7 Å². The molecule has 0 aromatic heterocycles. The van der Waals surface area contributed by atoms with Gasteiger partial charge in [-0.15, -0.1) is 0 Å². The lowest BCUT2D eigenvalue weighted by Crippen LogP contribution is -2.51. The number of epoxide rings is 1. The number of piperazine rings is 1. The number of unbranched alkanes of at least 4 members (excludes halogenated alkanes) is 3. The predicted molar refractivity (Wildman–Crippen MR) is 218 cm³/mol. The van der Waals surface area contributed by atoms with Crippen LogP contribution in [0.15, 0.2) is 48.1 Å². The smallest absolute Gasteiger partial charge is 0.410 e. The van der Waals surface area contributed by atoms with Crippen LogP contribution in [-0.2, 0) is 33.3 Å². The van der Waals surface area contributed by atoms with E-state index in [-0.39, 0.29) is 48.7 Å². The Morgan fingerprint density at radius 3 is 2.36 bits per heavy atom. The topological polar surface area (TPSA) is 179 Å². The average Bonchev–Trinajstić information content (AvgIpc) is 3.87. The fraction of sp³-hybridized carbons (Fsp3) is 0.727. The number of aliphatic hydroxyl groups is 3. The maximum absolute atomic E-state index is 13.6. The molecule has 10 atom stereocenters. The van der Waals surface area contributed by atoms with Crippen molar-refractivity contribution in [1.29, 1.82) is 0 Å². The van der Waals surface area contributed by atoms with E-state index >= 15 is 0 Å². The van der Waals surface area contributed by atoms with Crippen molar-refractivity contribution < 1.29 is 53.4 Å². The number of cyclic esters (lactones) is 1. The van der Waals surface area contributed by atoms with Gasteiger partial charge in [-0.1, -0.05) is 57.9 Å². The summed E-state index contributed by atoms with van der Waals surface area (Å²) in [6.45, 7) is 15.0. The number of esters is 1. The molecular formula is C44H69N3O11. The quantitative estimate of drug-likeness (QED) is 0.0470. The van der Waals surface area contributed by atoms with Crippen molar-refractivity contribution in [2.75, 3.05) is 46.4 Å². The molecule has 2 saturated heterocycles. The summed E-state index contributed by atoms with van der Waals surface area (Å²) in [6.07, 6.45) is 12.9. The van der Waals surface area contributed by atoms with Crippen LogP contribution in [0.25, 0.3) is 0 Å². The van der Waals surface area contributed by atoms with E-state index in [1.54, 1.807) is 43.2 Å². The fourth-order valence-corrected chi connectivity index (χ4v) is 7.96. The lowest BCUT2D eigenvalue weighted by atomic mass is 9.88. The van der Waals surface area contributed by atoms with E-state index in [0.717, 1.165) is 37.8 Å². The molecule has 1 unspecified atom stereocenters. The van der Waals surface area contributed by atoms with Crippen LogP contribution in [0.1, 0.15) is 99.3 Å². The molecule has 0 radical (unpaired) electrons. The van der Waals surface area contributed by atoms with E-state index in [1.165, 1.54) is 17.1 Å². The summed E-state index contributed by atoms with van der Waals surface area (Å²) in [5, 5.41) is 32.1. The number of carbonyl (C=O) groups excluding carboxylic acids is 4. The van der Waals surface area contributed by atoms with Gasteiger partial charge in [0.1, 0.15) is 11.7 Å². The predicted octanol–water partition coefficient (Wildman–Crippen LogP) is 4.47. The van der Waals surface area contributed by atoms with Crippen LogP contribution in [0.5, 0.6) is 0 Å². The third-order valence-electron chi connectivity index (χ3n) is 12.2. The third kappa shape index (κ3) is 13.8. The summed E-state index contributed by atoms with van der Waals surface area (Å²) in [5.41, 5.74) is -1.44. The number of methoxy groups -OCH3 is 1. The summed E-state index contributed by atoms with van der Waals surface area (Å²) in [7, 11) is 1.55. The number of carbonyl (C=O) groups is 4. The zero-order valence-corrected chi connectivity index (χ0v) is 35.7. The lowest BCUT2D eigenvalue weighted by molar-refractivity contribution is -0.151. The number of hydrogen-bond donors (Lipinski definition) is 3. The van der Waals surface area contributed by atoms with Crippen molar-refractivity contribution in [1.82, 2.24) is 14.7 Å². The lowest BCUT2D eigenvalue weighted by Gasteiger charge is -2.38. The minimum absolute atomic E-state index is 0.0195. The van der Waals surface area contributed by atoms with Crippen molar-refractivity contribution in [3.8, 4) is 0 Å². The Labute approximate surface area is 344 Å². The first-order valence-corrected chi connectivity index (χ1v) is 21.2. The van der Waals surface area contributed by atoms with Gasteiger partial charge < -0.3 is 39.2 Å². The first-order valence-electron chi connectivity index (χ1n) is 21.2. The highest BCUT2D eigenvalue weighted by atomic mass is 16.6. The Hall–Kier alpha value is -3.40. The van der Waals surface area contributed by atoms with Gasteiger partial charge in [0.2, 0.25) is 0 Å². The Morgan fingerprint density at radius 2 is 1.72 bits per heavy atom. The summed E-state index contributed by atoms with van der Waals surface area (Å²) in [6, 6.07) is 0. The minimum Gasteiger partial charge on any atom is -0.457 e. The van der Waals surface area contributed by atoms with Crippen molar-refractivity contribution >= 4 is 23.9 Å². The molecule has 4 aliphatic heterocycles. The minimum atomic E-state index is -1.17. The number of amides is 3. The summed E-state index contributed by atoms with van der Waals surface area (Å²) in [5.74, 6) is -1.39. The summed E-state index contributed by atoms with van der Waals surface area (Å²) in [4.78, 5) is 55.4. The molecule has 0 aromatic rings. The Bertz CT molecular complexity index is 1500. The number of ether oxygens (including phenoxy) is 4. The van der Waals surface area contributed by atoms with Crippen LogP contribution in [0, 0.1) is 11.8 Å². The first-order chi connectivity index (χ1) is 27.5. The molecule has 326 valence electrons. The van der Waals surface area contributed by atoms with Gasteiger partial charge in [0, 0.05) is 70.2 Å². The Kier molecular flexibility index (Phi) is 17.7. The Balaban J connectivity index is 1.34. The number of imide groups is 1. The van der Waals surface area contributed by atoms with Gasteiger partial charge in [0.25, 0.3) is 11.8 Å². The van der Waals surface area contributed by atoms with Crippen LogP contribution < -0.4 is 0 Å². The van der Waals surface area contributed by atoms with Crippen LogP contribution in [-0.4, -0.2) is 148 Å². The van der Waals surface area contributed by atoms with Gasteiger partial charge in [-0.05, 0) is 71.1 Å². The van der Waals surface area contributed by atoms with Gasteiger partial charge in [-0.2, -0.15) is 0 Å². The number of rotatable bonds is 17. The molecular weight excluding hydrogens is 746 g/mol. The highest BCUT2D eigenvalue weighted by Gasteiger charge is 2.47. The van der Waals surface area contributed by atoms with Crippen molar-refractivity contribution in [3.63, 3.8) is 0 Å². The largest absolute Gasteiger partial charge is 0.457 e. The molecule has 14 heteroatoms. The molecule has 3 N–H and O–H groups in total. The van der Waals surface area contributed by atoms with Crippen LogP contribution >= 0.6 is 0 Å². The van der Waals surface area contributed by atoms with Crippen LogP contribution in [0.2, 0.25) is 0 Å². The molecule has 2 fully saturated rings. The molecule has 0 aliphatic carbocycles. The molecule has 14 nitrogen and oxygen atoms in total. The van der Waals surface area contributed by atoms with Crippen LogP contribution in [0.3, 0.4) is 0 Å². The normalized spacial score (nSPS) is 31.7. The third-order valence-corrected chi connectivity index (χ3v) is 12.2. The van der Waals surface area contributed by atoms with Crippen LogP contribution in [0.4, 0.5) is 4.79 Å². The molecule has 0 aromatic carbocycles. The number of aliphatic hydroxyl groups excluding tert-OH is 2. The molecule has 3 amide bonds. The second-order valence-electron chi connectivity index (χ2n) is 17.1. The zero-order valence-electron chi connectivity index (χ0n) is 35.7. The first kappa shape index (κ1) is 47.3. The fourth-order valence-electron chi connectivity index (χ4n) is 7.96. The second-order valence-corrected chi connectivity index (χ2v) is 17.1. The van der Waals surface area contributed by atoms with E-state index in [0.29, 0.717) is 52.0 Å². The monoisotopic (exact) mass is 815 g/mol. The van der Waals surface area contributed by atoms with Gasteiger partial charge in [-0.3, -0.25) is 24.2 Å². The van der Waals surface area contributed by atoms with Gasteiger partial charge in [-0.25, -0.2) is 4.79 Å². The van der Waals surface area contributed by atoms with E-state index in [4.69, 9.17) is 18.9 Å². The molecule has 4 heterocycles. The molecule has 4 aliphatic rings. The maximum atomic E-state index is 13.6. The molecule has 4 rings (SSSR count). The number of hydrogen-bond acceptors (Lipinski definition) is 12. The SMILES string of the molecule is CC[C@H](O)[C@@H](C)[C@H]1O[C@@H]1CC(C)(O)/C=C/C=C(\C)[C@H]1OC(=O)C[C@H](O)CC[C@@](C)(OC)[C@@H](OC(=O)N2CCN(CCCCCCN3C(=O)C=CC3=O)CC2)/C=C/[C@@H]1C. The highest BCUT2D eigenvalue weighted by molar-refractivity contribution is 6.12. The van der Waals surface area contributed by atoms with Gasteiger partial charge in [0.05, 0.1) is 36.4 Å². The molecule has 0 bridgehead atoms. The van der Waals surface area contributed by atoms with Gasteiger partial charge in [0.15, 0.2) is 6.10 Å². The maximum Gasteiger partial charge on any atom is 0.410 e. The zero-order chi connectivity index (χ0) is 42.6. The average molecular weight is 816 g/mol. The summed E-state index contributed by atoms with van der Waals surface area (Å²) >= 11 is 0. The second kappa shape index (κ2) is 21.7. The molecule has 0 saturated carbocycles. The van der Waals surface area contributed by atoms with Crippen molar-refractivity contribution in [3.05, 3.63) is 48.1 Å². The number of nitrogens with zero attached hydrogens (tertiary/aromatic N) is 3. The molecule has 58 heavy (non-hydrogen) atoms. The Morgan fingerprint density at radius 1 is 1.07 bits per heavy atom. The van der Waals surface area contributed by atoms with E-state index in [2.05, 4.69) is 4.90 Å². The molecule has 0 spiro atoms. The summed E-state index contributed by atoms with van der Waals surface area (Å²) < 4.78 is 23.9. The number of allylic oxidation sites excluding steroid dienone is 2. The van der Waals surface area contributed by atoms with Crippen molar-refractivity contribution in [2.24, 2.45) is 11.8 Å². The van der Waals surface area contributed by atoms with Crippen molar-refractivity contribution in [2.45, 2.75) is 147 Å². The standard InChI is InChI=1S/C44H69N3O11/c1-8-34(49)32(4)41-35(56-41)29-43(5,54)20-13-14-30(2)40-31(3)15-16-36(44(6,55-7)21-19-33(48)28-39(52)58-40)57-42(53)46-26-24-45(25-27-46)22-11-9-10-12-23-47-37(50)17-18-38(47)51/h13-18,20,31-36,40-41,48-49,54H,8-12,19,21-29H2,1-7H3/b16-15+,20-13+,30-14+/t31-,32+,33+,34-,35+,36-,40+,41+,43?,44+/m0/s1. The van der Waals surface area contributed by atoms with E-state index in [1.807, 2.05) is 40.7 Å². The van der Waals surface area contributed by atoms with E-state index in [9.17, 15) is 34.5 Å².